The van der Waals surface area contributed by atoms with Crippen molar-refractivity contribution in [3.05, 3.63) is 0 Å². The lowest BCUT2D eigenvalue weighted by Crippen LogP contribution is -2.38. The van der Waals surface area contributed by atoms with Gasteiger partial charge in [0.1, 0.15) is 0 Å². The third-order valence-electron chi connectivity index (χ3n) is 2.11. The highest BCUT2D eigenvalue weighted by atomic mass is 35.5. The van der Waals surface area contributed by atoms with Crippen LogP contribution >= 0.6 is 12.4 Å². The van der Waals surface area contributed by atoms with Crippen molar-refractivity contribution < 1.29 is 4.79 Å². The zero-order chi connectivity index (χ0) is 11.0. The number of likely N-dealkylation sites (N-methyl/N-ethyl adjacent to an activating group) is 1. The summed E-state index contributed by atoms with van der Waals surface area (Å²) in [6.45, 7) is 10.1. The van der Waals surface area contributed by atoms with Gasteiger partial charge in [-0.05, 0) is 25.8 Å². The van der Waals surface area contributed by atoms with Gasteiger partial charge in [-0.2, -0.15) is 0 Å². The van der Waals surface area contributed by atoms with Gasteiger partial charge < -0.3 is 10.6 Å². The average Bonchev–Trinajstić information content (AvgIpc) is 2.12. The molecule has 2 N–H and O–H groups in total. The molecule has 0 heterocycles. The van der Waals surface area contributed by atoms with Crippen LogP contribution in [0.3, 0.4) is 0 Å². The molecule has 0 aromatic rings. The van der Waals surface area contributed by atoms with Gasteiger partial charge in [0.2, 0.25) is 5.91 Å². The van der Waals surface area contributed by atoms with E-state index in [1.165, 1.54) is 0 Å². The summed E-state index contributed by atoms with van der Waals surface area (Å²) in [6.07, 6.45) is 1.62. The first-order valence-electron chi connectivity index (χ1n) is 5.56. The largest absolute Gasteiger partial charge is 0.355 e. The first kappa shape index (κ1) is 17.1. The normalized spacial score (nSPS) is 12.1. The van der Waals surface area contributed by atoms with Crippen molar-refractivity contribution in [2.24, 2.45) is 5.92 Å². The van der Waals surface area contributed by atoms with Gasteiger partial charge in [-0.3, -0.25) is 4.79 Å². The predicted octanol–water partition coefficient (Wildman–Crippen LogP) is 1.96. The second-order valence-electron chi connectivity index (χ2n) is 4.20. The van der Waals surface area contributed by atoms with Crippen molar-refractivity contribution in [2.75, 3.05) is 13.1 Å². The second kappa shape index (κ2) is 10.2. The van der Waals surface area contributed by atoms with Crippen LogP contribution in [0.15, 0.2) is 0 Å². The van der Waals surface area contributed by atoms with Gasteiger partial charge in [-0.25, -0.2) is 0 Å². The van der Waals surface area contributed by atoms with Crippen LogP contribution in [0.25, 0.3) is 0 Å². The fraction of sp³-hybridized carbons (Fsp3) is 0.909. The van der Waals surface area contributed by atoms with E-state index in [1.54, 1.807) is 0 Å². The Kier molecular flexibility index (Phi) is 11.7. The Morgan fingerprint density at radius 2 is 1.87 bits per heavy atom. The molecular weight excluding hydrogens is 212 g/mol. The predicted molar refractivity (Wildman–Crippen MR) is 67.5 cm³/mol. The SMILES string of the molecule is CCN[C@H](C)CNC(=O)CCC(C)C.Cl. The molecule has 0 aromatic heterocycles. The fourth-order valence-electron chi connectivity index (χ4n) is 1.20. The van der Waals surface area contributed by atoms with Crippen molar-refractivity contribution in [3.63, 3.8) is 0 Å². The molecule has 0 aromatic carbocycles. The highest BCUT2D eigenvalue weighted by molar-refractivity contribution is 5.85. The molecule has 1 amide bonds. The van der Waals surface area contributed by atoms with Crippen LogP contribution in [0.5, 0.6) is 0 Å². The number of rotatable bonds is 7. The summed E-state index contributed by atoms with van der Waals surface area (Å²) in [5, 5.41) is 6.17. The van der Waals surface area contributed by atoms with E-state index in [2.05, 4.69) is 38.3 Å². The molecule has 0 saturated heterocycles. The van der Waals surface area contributed by atoms with Gasteiger partial charge in [0.05, 0.1) is 0 Å². The number of hydrogen-bond acceptors (Lipinski definition) is 2. The van der Waals surface area contributed by atoms with E-state index in [9.17, 15) is 4.79 Å². The van der Waals surface area contributed by atoms with Crippen molar-refractivity contribution in [1.29, 1.82) is 0 Å². The Morgan fingerprint density at radius 1 is 1.27 bits per heavy atom. The maximum atomic E-state index is 11.3. The quantitative estimate of drug-likeness (QED) is 0.710. The number of nitrogens with one attached hydrogen (secondary N) is 2. The molecule has 4 heteroatoms. The molecule has 0 aliphatic heterocycles. The molecule has 0 radical (unpaired) electrons. The van der Waals surface area contributed by atoms with Gasteiger partial charge >= 0.3 is 0 Å². The third-order valence-corrected chi connectivity index (χ3v) is 2.11. The van der Waals surface area contributed by atoms with Gasteiger partial charge in [0.15, 0.2) is 0 Å². The highest BCUT2D eigenvalue weighted by Crippen LogP contribution is 2.02. The molecule has 0 aliphatic rings. The van der Waals surface area contributed by atoms with Crippen LogP contribution in [-0.2, 0) is 4.79 Å². The summed E-state index contributed by atoms with van der Waals surface area (Å²) >= 11 is 0. The molecule has 0 bridgehead atoms. The lowest BCUT2D eigenvalue weighted by molar-refractivity contribution is -0.121. The first-order valence-corrected chi connectivity index (χ1v) is 5.56. The standard InChI is InChI=1S/C11H24N2O.ClH/c1-5-12-10(4)8-13-11(14)7-6-9(2)3;/h9-10,12H,5-8H2,1-4H3,(H,13,14);1H/t10-;/m1./s1. The van der Waals surface area contributed by atoms with E-state index in [4.69, 9.17) is 0 Å². The van der Waals surface area contributed by atoms with Crippen LogP contribution in [-0.4, -0.2) is 25.0 Å². The Balaban J connectivity index is 0. The molecule has 0 rings (SSSR count). The number of carbonyl (C=O) groups is 1. The lowest BCUT2D eigenvalue weighted by atomic mass is 10.1. The fourth-order valence-corrected chi connectivity index (χ4v) is 1.20. The van der Waals surface area contributed by atoms with Crippen molar-refractivity contribution in [1.82, 2.24) is 10.6 Å². The molecule has 92 valence electrons. The molecule has 3 nitrogen and oxygen atoms in total. The Bertz CT molecular complexity index is 163. The molecule has 0 saturated carbocycles. The van der Waals surface area contributed by atoms with E-state index in [0.29, 0.717) is 18.4 Å². The minimum absolute atomic E-state index is 0. The Morgan fingerprint density at radius 3 is 2.33 bits per heavy atom. The Hall–Kier alpha value is -0.280. The maximum Gasteiger partial charge on any atom is 0.220 e. The lowest BCUT2D eigenvalue weighted by Gasteiger charge is -2.13. The number of carbonyl (C=O) groups excluding carboxylic acids is 1. The summed E-state index contributed by atoms with van der Waals surface area (Å²) in [5.74, 6) is 0.774. The minimum atomic E-state index is 0. The van der Waals surface area contributed by atoms with Gasteiger partial charge in [-0.1, -0.05) is 20.8 Å². The van der Waals surface area contributed by atoms with Crippen LogP contribution in [0.4, 0.5) is 0 Å². The molecule has 0 spiro atoms. The number of hydrogen-bond donors (Lipinski definition) is 2. The summed E-state index contributed by atoms with van der Waals surface area (Å²) in [4.78, 5) is 11.3. The van der Waals surface area contributed by atoms with E-state index < -0.39 is 0 Å². The van der Waals surface area contributed by atoms with Gasteiger partial charge in [0, 0.05) is 19.0 Å². The summed E-state index contributed by atoms with van der Waals surface area (Å²) in [6, 6.07) is 0.364. The summed E-state index contributed by atoms with van der Waals surface area (Å²) in [5.41, 5.74) is 0. The molecule has 0 unspecified atom stereocenters. The first-order chi connectivity index (χ1) is 6.56. The smallest absolute Gasteiger partial charge is 0.220 e. The van der Waals surface area contributed by atoms with E-state index in [-0.39, 0.29) is 18.3 Å². The molecule has 0 aliphatic carbocycles. The van der Waals surface area contributed by atoms with Crippen molar-refractivity contribution >= 4 is 18.3 Å². The summed E-state index contributed by atoms with van der Waals surface area (Å²) in [7, 11) is 0. The number of amides is 1. The molecule has 0 fully saturated rings. The monoisotopic (exact) mass is 236 g/mol. The molecular formula is C11H25ClN2O. The summed E-state index contributed by atoms with van der Waals surface area (Å²) < 4.78 is 0. The van der Waals surface area contributed by atoms with Crippen LogP contribution in [0.1, 0.15) is 40.5 Å². The average molecular weight is 237 g/mol. The Labute approximate surface area is 99.8 Å². The zero-order valence-electron chi connectivity index (χ0n) is 10.3. The van der Waals surface area contributed by atoms with Crippen molar-refractivity contribution in [2.45, 2.75) is 46.6 Å². The van der Waals surface area contributed by atoms with Crippen LogP contribution in [0, 0.1) is 5.92 Å². The topological polar surface area (TPSA) is 41.1 Å². The van der Waals surface area contributed by atoms with E-state index in [1.807, 2.05) is 0 Å². The van der Waals surface area contributed by atoms with Crippen molar-refractivity contribution in [3.8, 4) is 0 Å². The van der Waals surface area contributed by atoms with E-state index in [0.717, 1.165) is 19.5 Å². The van der Waals surface area contributed by atoms with Gasteiger partial charge in [-0.15, -0.1) is 12.4 Å². The maximum absolute atomic E-state index is 11.3. The van der Waals surface area contributed by atoms with Crippen LogP contribution in [0.2, 0.25) is 0 Å². The zero-order valence-corrected chi connectivity index (χ0v) is 11.1. The second-order valence-corrected chi connectivity index (χ2v) is 4.20. The van der Waals surface area contributed by atoms with E-state index >= 15 is 0 Å². The highest BCUT2D eigenvalue weighted by Gasteiger charge is 2.04. The molecule has 1 atom stereocenters. The molecule has 15 heavy (non-hydrogen) atoms. The third kappa shape index (κ3) is 11.6. The number of halogens is 1. The minimum Gasteiger partial charge on any atom is -0.355 e. The van der Waals surface area contributed by atoms with Crippen LogP contribution < -0.4 is 10.6 Å². The van der Waals surface area contributed by atoms with Gasteiger partial charge in [0.25, 0.3) is 0 Å².